The number of aliphatic hydroxyl groups is 1. The number of rotatable bonds is 7. The summed E-state index contributed by atoms with van der Waals surface area (Å²) < 4.78 is 5.81. The summed E-state index contributed by atoms with van der Waals surface area (Å²) in [6, 6.07) is 9.57. The second-order valence-corrected chi connectivity index (χ2v) is 6.98. The van der Waals surface area contributed by atoms with E-state index in [9.17, 15) is 5.11 Å². The zero-order valence-corrected chi connectivity index (χ0v) is 13.8. The Morgan fingerprint density at radius 1 is 0.950 bits per heavy atom. The van der Waals surface area contributed by atoms with Crippen molar-refractivity contribution in [2.24, 2.45) is 16.7 Å². The lowest BCUT2D eigenvalue weighted by molar-refractivity contribution is -0.142. The summed E-state index contributed by atoms with van der Waals surface area (Å²) in [5, 5.41) is 10.7. The molecule has 20 heavy (non-hydrogen) atoms. The van der Waals surface area contributed by atoms with Gasteiger partial charge in [0.25, 0.3) is 0 Å². The number of hydrogen-bond donors (Lipinski definition) is 1. The molecule has 1 rings (SSSR count). The molecule has 0 saturated carbocycles. The minimum atomic E-state index is -0.790. The Morgan fingerprint density at radius 3 is 1.80 bits per heavy atom. The second-order valence-electron chi connectivity index (χ2n) is 6.98. The minimum Gasteiger partial charge on any atom is -0.465 e. The smallest absolute Gasteiger partial charge is 0.201 e. The van der Waals surface area contributed by atoms with Gasteiger partial charge >= 0.3 is 0 Å². The Hall–Kier alpha value is -1.02. The topological polar surface area (TPSA) is 29.5 Å². The molecule has 1 aromatic rings. The zero-order valence-electron chi connectivity index (χ0n) is 13.8. The van der Waals surface area contributed by atoms with Crippen LogP contribution >= 0.6 is 0 Å². The third-order valence-electron chi connectivity index (χ3n) is 4.79. The van der Waals surface area contributed by atoms with Crippen LogP contribution in [0.15, 0.2) is 30.3 Å². The van der Waals surface area contributed by atoms with Gasteiger partial charge in [0.05, 0.1) is 0 Å². The van der Waals surface area contributed by atoms with Gasteiger partial charge in [-0.05, 0) is 23.0 Å². The molecule has 0 aromatic heterocycles. The molecule has 0 aliphatic carbocycles. The summed E-state index contributed by atoms with van der Waals surface area (Å²) in [7, 11) is 0. The molecule has 0 bridgehead atoms. The highest BCUT2D eigenvalue weighted by Gasteiger charge is 2.44. The quantitative estimate of drug-likeness (QED) is 0.721. The molecular weight excluding hydrogens is 248 g/mol. The monoisotopic (exact) mass is 278 g/mol. The van der Waals surface area contributed by atoms with E-state index in [1.807, 2.05) is 30.3 Å². The lowest BCUT2D eigenvalue weighted by Gasteiger charge is -2.46. The van der Waals surface area contributed by atoms with Gasteiger partial charge in [0.15, 0.2) is 0 Å². The molecule has 0 aliphatic rings. The third-order valence-corrected chi connectivity index (χ3v) is 4.79. The fourth-order valence-corrected chi connectivity index (χ4v) is 2.98. The largest absolute Gasteiger partial charge is 0.465 e. The van der Waals surface area contributed by atoms with Crippen molar-refractivity contribution in [2.45, 2.75) is 60.7 Å². The number of benzene rings is 1. The molecule has 2 heteroatoms. The SMILES string of the molecule is CCC(C)(C)C(C(O)Oc1ccccc1)C(C)(C)CC. The van der Waals surface area contributed by atoms with Crippen molar-refractivity contribution in [3.8, 4) is 5.75 Å². The summed E-state index contributed by atoms with van der Waals surface area (Å²) in [6.45, 7) is 13.2. The van der Waals surface area contributed by atoms with Crippen LogP contribution in [0.3, 0.4) is 0 Å². The van der Waals surface area contributed by atoms with Gasteiger partial charge in [-0.3, -0.25) is 0 Å². The van der Waals surface area contributed by atoms with E-state index in [-0.39, 0.29) is 16.7 Å². The van der Waals surface area contributed by atoms with Crippen LogP contribution in [0.5, 0.6) is 5.75 Å². The standard InChI is InChI=1S/C18H30O2/c1-7-17(3,4)15(18(5,6)8-2)16(19)20-14-12-10-9-11-13-14/h9-13,15-16,19H,7-8H2,1-6H3. The van der Waals surface area contributed by atoms with Gasteiger partial charge in [-0.1, -0.05) is 72.6 Å². The van der Waals surface area contributed by atoms with Gasteiger partial charge in [0.2, 0.25) is 6.29 Å². The van der Waals surface area contributed by atoms with E-state index in [2.05, 4.69) is 41.5 Å². The van der Waals surface area contributed by atoms with Crippen LogP contribution in [0.4, 0.5) is 0 Å². The van der Waals surface area contributed by atoms with Gasteiger partial charge in [-0.25, -0.2) is 0 Å². The van der Waals surface area contributed by atoms with Crippen molar-refractivity contribution >= 4 is 0 Å². The van der Waals surface area contributed by atoms with Gasteiger partial charge in [0, 0.05) is 5.92 Å². The molecule has 0 saturated heterocycles. The Labute approximate surface area is 124 Å². The van der Waals surface area contributed by atoms with Gasteiger partial charge < -0.3 is 9.84 Å². The number of para-hydroxylation sites is 1. The van der Waals surface area contributed by atoms with Crippen molar-refractivity contribution in [1.29, 1.82) is 0 Å². The first-order valence-corrected chi connectivity index (χ1v) is 7.64. The maximum absolute atomic E-state index is 10.7. The fourth-order valence-electron chi connectivity index (χ4n) is 2.98. The van der Waals surface area contributed by atoms with E-state index < -0.39 is 6.29 Å². The summed E-state index contributed by atoms with van der Waals surface area (Å²) in [4.78, 5) is 0. The van der Waals surface area contributed by atoms with E-state index in [1.54, 1.807) is 0 Å². The molecule has 0 radical (unpaired) electrons. The van der Waals surface area contributed by atoms with Crippen LogP contribution < -0.4 is 4.74 Å². The van der Waals surface area contributed by atoms with Crippen molar-refractivity contribution in [2.75, 3.05) is 0 Å². The van der Waals surface area contributed by atoms with Crippen molar-refractivity contribution in [3.63, 3.8) is 0 Å². The molecule has 0 fully saturated rings. The summed E-state index contributed by atoms with van der Waals surface area (Å²) in [5.74, 6) is 0.800. The van der Waals surface area contributed by atoms with Crippen LogP contribution in [0, 0.1) is 16.7 Å². The van der Waals surface area contributed by atoms with Crippen LogP contribution in [0.25, 0.3) is 0 Å². The summed E-state index contributed by atoms with van der Waals surface area (Å²) in [5.41, 5.74) is 0.0431. The van der Waals surface area contributed by atoms with Gasteiger partial charge in [-0.15, -0.1) is 0 Å². The fraction of sp³-hybridized carbons (Fsp3) is 0.667. The molecule has 1 aromatic carbocycles. The Kier molecular flexibility index (Phi) is 5.64. The van der Waals surface area contributed by atoms with E-state index in [0.717, 1.165) is 18.6 Å². The molecule has 1 unspecified atom stereocenters. The average molecular weight is 278 g/mol. The molecule has 1 atom stereocenters. The predicted octanol–water partition coefficient (Wildman–Crippen LogP) is 4.87. The van der Waals surface area contributed by atoms with E-state index >= 15 is 0 Å². The first-order valence-electron chi connectivity index (χ1n) is 7.64. The average Bonchev–Trinajstić information content (AvgIpc) is 2.39. The first-order chi connectivity index (χ1) is 9.24. The highest BCUT2D eigenvalue weighted by Crippen LogP contribution is 2.46. The van der Waals surface area contributed by atoms with E-state index in [1.165, 1.54) is 0 Å². The van der Waals surface area contributed by atoms with Crippen LogP contribution in [-0.2, 0) is 0 Å². The lowest BCUT2D eigenvalue weighted by Crippen LogP contribution is -2.46. The Balaban J connectivity index is 2.99. The summed E-state index contributed by atoms with van der Waals surface area (Å²) >= 11 is 0. The minimum absolute atomic E-state index is 0.0215. The second kappa shape index (κ2) is 6.62. The normalized spacial score (nSPS) is 14.4. The van der Waals surface area contributed by atoms with Crippen LogP contribution in [0.1, 0.15) is 54.4 Å². The molecule has 0 spiro atoms. The van der Waals surface area contributed by atoms with Gasteiger partial charge in [0.1, 0.15) is 5.75 Å². The summed E-state index contributed by atoms with van der Waals surface area (Å²) in [6.07, 6.45) is 1.23. The lowest BCUT2D eigenvalue weighted by atomic mass is 9.62. The number of aliphatic hydroxyl groups excluding tert-OH is 1. The molecule has 0 aliphatic heterocycles. The highest BCUT2D eigenvalue weighted by atomic mass is 16.6. The van der Waals surface area contributed by atoms with Crippen molar-refractivity contribution < 1.29 is 9.84 Å². The Bertz CT molecular complexity index is 379. The van der Waals surface area contributed by atoms with Crippen LogP contribution in [0.2, 0.25) is 0 Å². The van der Waals surface area contributed by atoms with Crippen molar-refractivity contribution in [1.82, 2.24) is 0 Å². The van der Waals surface area contributed by atoms with Crippen molar-refractivity contribution in [3.05, 3.63) is 30.3 Å². The highest BCUT2D eigenvalue weighted by molar-refractivity contribution is 5.21. The predicted molar refractivity (Wildman–Crippen MR) is 84.7 cm³/mol. The molecule has 0 amide bonds. The maximum Gasteiger partial charge on any atom is 0.201 e. The van der Waals surface area contributed by atoms with E-state index in [0.29, 0.717) is 0 Å². The molecule has 2 nitrogen and oxygen atoms in total. The van der Waals surface area contributed by atoms with E-state index in [4.69, 9.17) is 4.74 Å². The Morgan fingerprint density at radius 2 is 1.40 bits per heavy atom. The number of ether oxygens (including phenoxy) is 1. The van der Waals surface area contributed by atoms with Gasteiger partial charge in [-0.2, -0.15) is 0 Å². The first kappa shape index (κ1) is 17.0. The third kappa shape index (κ3) is 3.99. The maximum atomic E-state index is 10.7. The number of hydrogen-bond acceptors (Lipinski definition) is 2. The molecule has 1 N–H and O–H groups in total. The van der Waals surface area contributed by atoms with Crippen LogP contribution in [-0.4, -0.2) is 11.4 Å². The zero-order chi connectivity index (χ0) is 15.4. The molecule has 114 valence electrons. The molecular formula is C18H30O2. The molecule has 0 heterocycles.